The third kappa shape index (κ3) is 10.5. The Balaban J connectivity index is 0.000000357. The van der Waals surface area contributed by atoms with Gasteiger partial charge in [0.2, 0.25) is 0 Å². The average molecular weight is 727 g/mol. The molecule has 1 N–H and O–H groups in total. The number of anilines is 1. The van der Waals surface area contributed by atoms with Gasteiger partial charge in [-0.15, -0.1) is 12.1 Å². The molecule has 0 heterocycles. The van der Waals surface area contributed by atoms with Crippen LogP contribution < -0.4 is 4.90 Å². The van der Waals surface area contributed by atoms with Gasteiger partial charge in [-0.05, 0) is 6.92 Å². The maximum atomic E-state index is 10.5. The smallest absolute Gasteiger partial charge is 0.282 e. The van der Waals surface area contributed by atoms with Crippen molar-refractivity contribution in [2.45, 2.75) is 32.2 Å². The van der Waals surface area contributed by atoms with Crippen LogP contribution in [0.2, 0.25) is 0 Å². The normalized spacial score (nSPS) is 12.1. The van der Waals surface area contributed by atoms with Crippen LogP contribution in [0, 0.1) is 20.8 Å². The van der Waals surface area contributed by atoms with Crippen LogP contribution in [0.25, 0.3) is 5.57 Å². The molecule has 45 heavy (non-hydrogen) atoms. The second kappa shape index (κ2) is 17.3. The third-order valence-corrected chi connectivity index (χ3v) is 8.68. The fourth-order valence-corrected chi connectivity index (χ4v) is 5.91. The van der Waals surface area contributed by atoms with Gasteiger partial charge >= 0.3 is 171 Å². The van der Waals surface area contributed by atoms with Crippen LogP contribution in [0.4, 0.5) is 5.69 Å². The second-order valence-corrected chi connectivity index (χ2v) is 12.8. The van der Waals surface area contributed by atoms with E-state index in [1.54, 1.807) is 13.0 Å². The molecule has 0 saturated heterocycles. The third-order valence-electron chi connectivity index (χ3n) is 6.81. The van der Waals surface area contributed by atoms with Gasteiger partial charge in [-0.25, -0.2) is 0 Å². The van der Waals surface area contributed by atoms with Crippen molar-refractivity contribution in [3.8, 4) is 0 Å². The van der Waals surface area contributed by atoms with E-state index in [4.69, 9.17) is 19.6 Å². The molecule has 5 rings (SSSR count). The summed E-state index contributed by atoms with van der Waals surface area (Å²) in [7, 11) is -4.07. The van der Waals surface area contributed by atoms with Gasteiger partial charge in [0, 0.05) is 4.90 Å². The molecule has 7 heteroatoms. The summed E-state index contributed by atoms with van der Waals surface area (Å²) in [6, 6.07) is 31.8. The van der Waals surface area contributed by atoms with E-state index in [2.05, 4.69) is 127 Å². The number of nitrogens with zero attached hydrogens (tertiary/aromatic N) is 1. The number of hydrogen-bond acceptors (Lipinski definition) is 3. The van der Waals surface area contributed by atoms with Crippen molar-refractivity contribution in [1.29, 1.82) is 0 Å². The number of hydrogen-bond donors (Lipinski definition) is 1. The number of allylic oxidation sites excluding steroid dienone is 5. The van der Waals surface area contributed by atoms with E-state index in [-0.39, 0.29) is 4.90 Å². The Morgan fingerprint density at radius 1 is 0.867 bits per heavy atom. The maximum Gasteiger partial charge on any atom is 0.282 e. The molecule has 4 aromatic rings. The van der Waals surface area contributed by atoms with E-state index in [1.807, 2.05) is 18.2 Å². The Kier molecular flexibility index (Phi) is 13.8. The molecule has 4 nitrogen and oxygen atoms in total. The first-order chi connectivity index (χ1) is 21.5. The molecule has 0 atom stereocenters. The first-order valence-corrected chi connectivity index (χ1v) is 17.1. The van der Waals surface area contributed by atoms with E-state index in [9.17, 15) is 8.42 Å². The summed E-state index contributed by atoms with van der Waals surface area (Å²) in [4.78, 5) is 2.29. The second-order valence-electron chi connectivity index (χ2n) is 10.00. The molecule has 0 saturated carbocycles. The molecule has 0 amide bonds. The first kappa shape index (κ1) is 36.0. The molecular formula is C38H38BrNNiO3S-2. The Morgan fingerprint density at radius 3 is 2.07 bits per heavy atom. The molecular weight excluding hydrogens is 689 g/mol. The quantitative estimate of drug-likeness (QED) is 0.117. The van der Waals surface area contributed by atoms with Crippen LogP contribution in [0.3, 0.4) is 0 Å². The Labute approximate surface area is 285 Å². The Hall–Kier alpha value is -3.48. The van der Waals surface area contributed by atoms with Crippen LogP contribution in [0.5, 0.6) is 0 Å². The minimum atomic E-state index is -4.07. The SMILES string of the molecule is CCN(Cc1cccc(C)c1)c1ccc(C(=C2C=C[C](=[Ni])C=C2)c2ccccc2Br)cc1.[CH2-]C.[CH2-]c1cccc(S(=O)(=O)O)c1. The summed E-state index contributed by atoms with van der Waals surface area (Å²) in [6.45, 7) is 14.7. The van der Waals surface area contributed by atoms with Crippen molar-refractivity contribution in [2.24, 2.45) is 0 Å². The molecule has 4 aromatic carbocycles. The predicted molar refractivity (Wildman–Crippen MR) is 190 cm³/mol. The van der Waals surface area contributed by atoms with Gasteiger partial charge in [0.15, 0.2) is 0 Å². The van der Waals surface area contributed by atoms with E-state index in [0.717, 1.165) is 27.6 Å². The summed E-state index contributed by atoms with van der Waals surface area (Å²) in [6.07, 6.45) is 8.28. The molecule has 238 valence electrons. The average Bonchev–Trinajstić information content (AvgIpc) is 3.03. The number of aryl methyl sites for hydroxylation is 1. The van der Waals surface area contributed by atoms with Crippen molar-refractivity contribution in [3.63, 3.8) is 0 Å². The minimum Gasteiger partial charge on any atom is -0.346 e. The number of benzene rings is 4. The first-order valence-electron chi connectivity index (χ1n) is 14.4. The summed E-state index contributed by atoms with van der Waals surface area (Å²) in [5.41, 5.74) is 9.14. The fourth-order valence-electron chi connectivity index (χ4n) is 4.71. The van der Waals surface area contributed by atoms with Crippen molar-refractivity contribution >= 4 is 41.8 Å². The summed E-state index contributed by atoms with van der Waals surface area (Å²) >= 11 is 8.75. The molecule has 0 spiro atoms. The predicted octanol–water partition coefficient (Wildman–Crippen LogP) is 9.39. The fraction of sp³-hybridized carbons (Fsp3) is 0.132. The van der Waals surface area contributed by atoms with Gasteiger partial charge in [0.05, 0.1) is 0 Å². The van der Waals surface area contributed by atoms with E-state index in [1.165, 1.54) is 51.7 Å². The van der Waals surface area contributed by atoms with Gasteiger partial charge in [-0.3, -0.25) is 4.55 Å². The molecule has 0 aromatic heterocycles. The van der Waals surface area contributed by atoms with Crippen LogP contribution in [0.1, 0.15) is 41.7 Å². The van der Waals surface area contributed by atoms with Crippen molar-refractivity contribution < 1.29 is 28.0 Å². The summed E-state index contributed by atoms with van der Waals surface area (Å²) in [5.74, 6) is 0. The molecule has 0 radical (unpaired) electrons. The molecule has 1 aliphatic rings. The molecule has 0 bridgehead atoms. The van der Waals surface area contributed by atoms with Crippen LogP contribution >= 0.6 is 15.9 Å². The monoisotopic (exact) mass is 725 g/mol. The summed E-state index contributed by atoms with van der Waals surface area (Å²) < 4.78 is 31.6. The van der Waals surface area contributed by atoms with Gasteiger partial charge in [-0.1, -0.05) is 35.9 Å². The Morgan fingerprint density at radius 2 is 1.51 bits per heavy atom. The van der Waals surface area contributed by atoms with Gasteiger partial charge in [0.1, 0.15) is 0 Å². The number of halogens is 1. The van der Waals surface area contributed by atoms with Crippen LogP contribution in [-0.4, -0.2) is 24.0 Å². The summed E-state index contributed by atoms with van der Waals surface area (Å²) in [5, 5.41) is 0. The van der Waals surface area contributed by atoms with Crippen LogP contribution in [-0.2, 0) is 31.7 Å². The maximum absolute atomic E-state index is 10.5. The van der Waals surface area contributed by atoms with Crippen molar-refractivity contribution in [3.05, 3.63) is 173 Å². The largest absolute Gasteiger partial charge is 0.346 e. The zero-order chi connectivity index (χ0) is 33.0. The zero-order valence-corrected chi connectivity index (χ0v) is 29.1. The molecule has 0 unspecified atom stereocenters. The molecule has 1 aliphatic carbocycles. The van der Waals surface area contributed by atoms with Crippen molar-refractivity contribution in [1.82, 2.24) is 0 Å². The molecule has 0 aliphatic heterocycles. The van der Waals surface area contributed by atoms with Gasteiger partial charge < -0.3 is 6.92 Å². The van der Waals surface area contributed by atoms with E-state index < -0.39 is 10.1 Å². The van der Waals surface area contributed by atoms with E-state index in [0.29, 0.717) is 5.56 Å². The standard InChI is InChI=1S/C29H26BrN.C7H7O3S.C2H5.Ni/c1-3-31(21-23-11-9-10-22(2)20-23)26-18-16-25(17-19-26)29(24-12-5-4-6-13-24)27-14-7-8-15-28(27)30;1-6-3-2-4-7(5-6)11(8,9)10;1-2;/h5-20H,3,21H2,1-2H3;2-5H,1H2,(H,8,9,10);1H2,2H3;/q;2*-1;. The zero-order valence-electron chi connectivity index (χ0n) is 25.7. The topological polar surface area (TPSA) is 57.6 Å². The minimum absolute atomic E-state index is 0.120. The number of rotatable bonds is 7. The van der Waals surface area contributed by atoms with Gasteiger partial charge in [-0.2, -0.15) is 33.9 Å². The van der Waals surface area contributed by atoms with Gasteiger partial charge in [0.25, 0.3) is 10.1 Å². The Bertz CT molecular complexity index is 1790. The van der Waals surface area contributed by atoms with Crippen molar-refractivity contribution in [2.75, 3.05) is 11.4 Å². The molecule has 0 fully saturated rings. The van der Waals surface area contributed by atoms with E-state index >= 15 is 0 Å². The van der Waals surface area contributed by atoms with Crippen LogP contribution in [0.15, 0.2) is 136 Å².